The van der Waals surface area contributed by atoms with Crippen LogP contribution < -0.4 is 20.9 Å². The molecule has 0 amide bonds. The lowest BCUT2D eigenvalue weighted by Crippen LogP contribution is -2.75. The maximum atomic E-state index is 13.7. The number of benzene rings is 4. The lowest BCUT2D eigenvalue weighted by atomic mass is 9.25. The van der Waals surface area contributed by atoms with Gasteiger partial charge in [0.1, 0.15) is 34.1 Å². The highest BCUT2D eigenvalue weighted by molar-refractivity contribution is 5.53. The molecule has 0 aliphatic heterocycles. The van der Waals surface area contributed by atoms with Gasteiger partial charge in [-0.3, -0.25) is 0 Å². The first kappa shape index (κ1) is 31.6. The highest BCUT2D eigenvalue weighted by Crippen LogP contribution is 2.80. The molecule has 4 atom stereocenters. The summed E-state index contributed by atoms with van der Waals surface area (Å²) in [6.07, 6.45) is -2.27. The normalized spacial score (nSPS) is 32.0. The van der Waals surface area contributed by atoms with E-state index in [-0.39, 0.29) is 33.7 Å². The topological polar surface area (TPSA) is 70.5 Å². The third-order valence-electron chi connectivity index (χ3n) is 13.1. The number of alkyl halides is 6. The predicted molar refractivity (Wildman–Crippen MR) is 177 cm³/mol. The van der Waals surface area contributed by atoms with Gasteiger partial charge in [0.25, 0.3) is 0 Å². The molecule has 8 bridgehead atoms. The molecule has 4 aromatic carbocycles. The molecule has 0 aromatic heterocycles. The SMILES string of the molecule is Nc1ccc(Oc2ccc(C34CC5CC6C3CC3CC4C(C5)C6(c4ccc(Oc5ccc(N)cc5C(F)(F)F)cc4)C3)cc2)c(C(F)(F)F)c1. The van der Waals surface area contributed by atoms with Crippen molar-refractivity contribution >= 4 is 11.4 Å². The van der Waals surface area contributed by atoms with Crippen LogP contribution in [-0.2, 0) is 23.2 Å². The van der Waals surface area contributed by atoms with Gasteiger partial charge in [-0.25, -0.2) is 0 Å². The molecule has 4 N–H and O–H groups in total. The van der Waals surface area contributed by atoms with Gasteiger partial charge in [-0.15, -0.1) is 0 Å². The monoisotopic (exact) mass is 690 g/mol. The summed E-state index contributed by atoms with van der Waals surface area (Å²) in [6.45, 7) is 0. The van der Waals surface area contributed by atoms with Crippen molar-refractivity contribution < 1.29 is 35.8 Å². The molecule has 7 aliphatic rings. The van der Waals surface area contributed by atoms with Crippen LogP contribution in [0.4, 0.5) is 37.7 Å². The zero-order chi connectivity index (χ0) is 34.8. The van der Waals surface area contributed by atoms with Crippen LogP contribution in [0.2, 0.25) is 0 Å². The van der Waals surface area contributed by atoms with E-state index in [4.69, 9.17) is 20.9 Å². The van der Waals surface area contributed by atoms with Crippen molar-refractivity contribution in [2.75, 3.05) is 11.5 Å². The van der Waals surface area contributed by atoms with E-state index in [1.807, 2.05) is 0 Å². The molecule has 4 nitrogen and oxygen atoms in total. The molecular weight excluding hydrogens is 654 g/mol. The number of hydrogen-bond donors (Lipinski definition) is 2. The smallest absolute Gasteiger partial charge is 0.420 e. The molecule has 50 heavy (non-hydrogen) atoms. The number of hydrogen-bond acceptors (Lipinski definition) is 4. The fraction of sp³-hybridized carbons (Fsp3) is 0.400. The number of ether oxygens (including phenoxy) is 2. The Morgan fingerprint density at radius 1 is 0.500 bits per heavy atom. The fourth-order valence-electron chi connectivity index (χ4n) is 11.7. The Hall–Kier alpha value is -4.34. The first-order valence-electron chi connectivity index (χ1n) is 17.3. The zero-order valence-corrected chi connectivity index (χ0v) is 27.0. The Morgan fingerprint density at radius 2 is 0.840 bits per heavy atom. The largest absolute Gasteiger partial charge is 0.457 e. The molecule has 7 aliphatic carbocycles. The van der Waals surface area contributed by atoms with Gasteiger partial charge in [0.05, 0.1) is 0 Å². The molecular formula is C40H36F6N2O2. The number of nitrogens with two attached hydrogens (primary N) is 2. The third kappa shape index (κ3) is 4.58. The first-order valence-corrected chi connectivity index (χ1v) is 17.3. The Bertz CT molecular complexity index is 1810. The Labute approximate surface area is 285 Å². The zero-order valence-electron chi connectivity index (χ0n) is 27.0. The molecule has 7 saturated carbocycles. The van der Waals surface area contributed by atoms with E-state index in [0.29, 0.717) is 47.0 Å². The van der Waals surface area contributed by atoms with Crippen LogP contribution in [0.3, 0.4) is 0 Å². The second-order valence-electron chi connectivity index (χ2n) is 15.3. The molecule has 260 valence electrons. The van der Waals surface area contributed by atoms with E-state index < -0.39 is 23.5 Å². The van der Waals surface area contributed by atoms with Crippen molar-refractivity contribution in [2.24, 2.45) is 35.5 Å². The summed E-state index contributed by atoms with van der Waals surface area (Å²) in [5.74, 6) is 3.27. The van der Waals surface area contributed by atoms with E-state index in [1.165, 1.54) is 61.1 Å². The Kier molecular flexibility index (Phi) is 6.70. The summed E-state index contributed by atoms with van der Waals surface area (Å²) in [4.78, 5) is 0. The Morgan fingerprint density at radius 3 is 1.16 bits per heavy atom. The van der Waals surface area contributed by atoms with Gasteiger partial charge < -0.3 is 20.9 Å². The molecule has 0 heterocycles. The first-order chi connectivity index (χ1) is 23.8. The van der Waals surface area contributed by atoms with Crippen LogP contribution in [0.25, 0.3) is 0 Å². The Balaban J connectivity index is 1.02. The average molecular weight is 691 g/mol. The molecule has 4 unspecified atom stereocenters. The van der Waals surface area contributed by atoms with Crippen LogP contribution in [0.1, 0.15) is 60.8 Å². The van der Waals surface area contributed by atoms with Crippen molar-refractivity contribution in [2.45, 2.75) is 61.7 Å². The van der Waals surface area contributed by atoms with Crippen LogP contribution in [-0.4, -0.2) is 0 Å². The molecule has 7 fully saturated rings. The van der Waals surface area contributed by atoms with Crippen molar-refractivity contribution in [1.82, 2.24) is 0 Å². The summed E-state index contributed by atoms with van der Waals surface area (Å²) in [5.41, 5.74) is 12.1. The molecule has 0 saturated heterocycles. The molecule has 10 heteroatoms. The predicted octanol–water partition coefficient (Wildman–Crippen LogP) is 10.8. The average Bonchev–Trinajstić information content (AvgIpc) is 3.08. The van der Waals surface area contributed by atoms with Crippen molar-refractivity contribution in [1.29, 1.82) is 0 Å². The van der Waals surface area contributed by atoms with Crippen molar-refractivity contribution in [3.8, 4) is 23.0 Å². The van der Waals surface area contributed by atoms with Crippen LogP contribution in [0.15, 0.2) is 84.9 Å². The van der Waals surface area contributed by atoms with Crippen LogP contribution >= 0.6 is 0 Å². The maximum absolute atomic E-state index is 13.7. The second kappa shape index (κ2) is 10.6. The van der Waals surface area contributed by atoms with Gasteiger partial charge >= 0.3 is 12.4 Å². The summed E-state index contributed by atoms with van der Waals surface area (Å²) < 4.78 is 93.9. The fourth-order valence-corrected chi connectivity index (χ4v) is 11.7. The molecule has 11 rings (SSSR count). The van der Waals surface area contributed by atoms with Gasteiger partial charge in [-0.05, 0) is 146 Å². The molecule has 0 radical (unpaired) electrons. The highest BCUT2D eigenvalue weighted by atomic mass is 19.4. The summed E-state index contributed by atoms with van der Waals surface area (Å²) in [7, 11) is 0. The van der Waals surface area contributed by atoms with Gasteiger partial charge in [0, 0.05) is 22.2 Å². The van der Waals surface area contributed by atoms with Gasteiger partial charge in [-0.2, -0.15) is 26.3 Å². The standard InChI is InChI=1S/C40H36F6N2O2/c41-39(42,43)33-17-25(47)5-11-35(33)49-27-7-1-23(2-8-27)37-19-21-15-31-29(37)13-22-14-30(37)32(16-21)38(31,20-22)24-3-9-28(10-4-24)50-36-12-6-26(48)18-34(36)40(44,45)46/h1-12,17-18,21-22,29-32H,13-16,19-20,47-48H2. The quantitative estimate of drug-likeness (QED) is 0.156. The maximum Gasteiger partial charge on any atom is 0.420 e. The van der Waals surface area contributed by atoms with E-state index >= 15 is 0 Å². The minimum atomic E-state index is -4.60. The van der Waals surface area contributed by atoms with Gasteiger partial charge in [0.15, 0.2) is 0 Å². The molecule has 0 spiro atoms. The lowest BCUT2D eigenvalue weighted by Gasteiger charge is -2.79. The van der Waals surface area contributed by atoms with E-state index in [1.54, 1.807) is 24.3 Å². The summed E-state index contributed by atoms with van der Waals surface area (Å²) in [6, 6.07) is 22.7. The van der Waals surface area contributed by atoms with E-state index in [9.17, 15) is 26.3 Å². The van der Waals surface area contributed by atoms with E-state index in [2.05, 4.69) is 24.3 Å². The number of anilines is 2. The van der Waals surface area contributed by atoms with Gasteiger partial charge in [0.2, 0.25) is 0 Å². The number of nitrogen functional groups attached to an aromatic ring is 2. The second-order valence-corrected chi connectivity index (χ2v) is 15.3. The minimum Gasteiger partial charge on any atom is -0.457 e. The minimum absolute atomic E-state index is 0.0139. The summed E-state index contributed by atoms with van der Waals surface area (Å²) in [5, 5.41) is 0. The van der Waals surface area contributed by atoms with Crippen LogP contribution in [0.5, 0.6) is 23.0 Å². The van der Waals surface area contributed by atoms with Crippen molar-refractivity contribution in [3.05, 3.63) is 107 Å². The highest BCUT2D eigenvalue weighted by Gasteiger charge is 2.75. The van der Waals surface area contributed by atoms with Crippen LogP contribution in [0, 0.1) is 35.5 Å². The van der Waals surface area contributed by atoms with Crippen molar-refractivity contribution in [3.63, 3.8) is 0 Å². The molecule has 4 aromatic rings. The lowest BCUT2D eigenvalue weighted by molar-refractivity contribution is -0.237. The number of rotatable bonds is 6. The number of halogens is 6. The van der Waals surface area contributed by atoms with E-state index in [0.717, 1.165) is 25.0 Å². The summed E-state index contributed by atoms with van der Waals surface area (Å²) >= 11 is 0. The van der Waals surface area contributed by atoms with Gasteiger partial charge in [-0.1, -0.05) is 24.3 Å². The third-order valence-corrected chi connectivity index (χ3v) is 13.1.